The third-order valence-corrected chi connectivity index (χ3v) is 2.11. The predicted octanol–water partition coefficient (Wildman–Crippen LogP) is 1.20. The van der Waals surface area contributed by atoms with Gasteiger partial charge in [-0.2, -0.15) is 0 Å². The first-order valence-electron chi connectivity index (χ1n) is 3.98. The second kappa shape index (κ2) is 4.75. The van der Waals surface area contributed by atoms with Crippen LogP contribution < -0.4 is 0 Å². The van der Waals surface area contributed by atoms with Crippen molar-refractivity contribution in [3.63, 3.8) is 0 Å². The van der Waals surface area contributed by atoms with Crippen molar-refractivity contribution in [2.75, 3.05) is 19.6 Å². The van der Waals surface area contributed by atoms with Crippen LogP contribution >= 0.6 is 11.6 Å². The van der Waals surface area contributed by atoms with E-state index in [0.29, 0.717) is 0 Å². The predicted molar refractivity (Wildman–Crippen MR) is 46.7 cm³/mol. The summed E-state index contributed by atoms with van der Waals surface area (Å²) in [6.07, 6.45) is 3.81. The maximum absolute atomic E-state index is 9.28. The molecule has 0 aromatic carbocycles. The number of β-amino-alcohol motifs (C(OH)–C–C–N with tert-alkyl or cyclic N) is 1. The number of aliphatic hydroxyl groups is 1. The number of piperidine rings is 1. The van der Waals surface area contributed by atoms with Gasteiger partial charge in [0.25, 0.3) is 0 Å². The van der Waals surface area contributed by atoms with E-state index in [9.17, 15) is 5.11 Å². The Kier molecular flexibility index (Phi) is 3.91. The lowest BCUT2D eigenvalue weighted by Gasteiger charge is -2.28. The molecule has 0 saturated carbocycles. The number of rotatable bonds is 2. The fourth-order valence-corrected chi connectivity index (χ4v) is 1.47. The molecular formula is C8H14ClNO. The third-order valence-electron chi connectivity index (χ3n) is 1.93. The van der Waals surface area contributed by atoms with E-state index in [0.717, 1.165) is 32.5 Å². The van der Waals surface area contributed by atoms with E-state index in [1.807, 2.05) is 6.08 Å². The highest BCUT2D eigenvalue weighted by molar-refractivity contribution is 6.25. The summed E-state index contributed by atoms with van der Waals surface area (Å²) >= 11 is 5.39. The minimum Gasteiger partial charge on any atom is -0.392 e. The normalized spacial score (nSPS) is 28.0. The van der Waals surface area contributed by atoms with Crippen LogP contribution in [0.3, 0.4) is 0 Å². The molecule has 0 amide bonds. The maximum atomic E-state index is 9.28. The number of hydrogen-bond acceptors (Lipinski definition) is 2. The summed E-state index contributed by atoms with van der Waals surface area (Å²) in [5, 5.41) is 9.28. The van der Waals surface area contributed by atoms with Crippen molar-refractivity contribution < 1.29 is 5.11 Å². The minimum atomic E-state index is -0.132. The summed E-state index contributed by atoms with van der Waals surface area (Å²) in [5.41, 5.74) is 1.53. The number of hydrogen-bond donors (Lipinski definition) is 1. The first-order valence-corrected chi connectivity index (χ1v) is 4.42. The van der Waals surface area contributed by atoms with Crippen molar-refractivity contribution in [1.82, 2.24) is 4.90 Å². The lowest BCUT2D eigenvalue weighted by atomic mass is 10.1. The Hall–Kier alpha value is -0.0500. The Balaban J connectivity index is 2.22. The first-order chi connectivity index (χ1) is 5.33. The standard InChI is InChI=1S/C8H14ClNO/c9-4-2-6-10-5-1-3-8(11)7-10/h2,4,8,11H,1,3,5-7H2/b4-2+/t8-/m0/s1. The molecule has 1 aliphatic heterocycles. The summed E-state index contributed by atoms with van der Waals surface area (Å²) in [5.74, 6) is 0. The Morgan fingerprint density at radius 2 is 2.45 bits per heavy atom. The number of halogens is 1. The van der Waals surface area contributed by atoms with E-state index in [-0.39, 0.29) is 6.10 Å². The van der Waals surface area contributed by atoms with Gasteiger partial charge in [-0.05, 0) is 19.4 Å². The molecular weight excluding hydrogens is 162 g/mol. The summed E-state index contributed by atoms with van der Waals surface area (Å²) in [7, 11) is 0. The summed E-state index contributed by atoms with van der Waals surface area (Å²) in [6, 6.07) is 0. The minimum absolute atomic E-state index is 0.132. The molecule has 11 heavy (non-hydrogen) atoms. The molecule has 0 aromatic heterocycles. The molecule has 0 aromatic rings. The maximum Gasteiger partial charge on any atom is 0.0667 e. The average Bonchev–Trinajstić information content (AvgIpc) is 2.01. The van der Waals surface area contributed by atoms with E-state index in [4.69, 9.17) is 11.6 Å². The molecule has 1 atom stereocenters. The molecule has 0 unspecified atom stereocenters. The fourth-order valence-electron chi connectivity index (χ4n) is 1.39. The van der Waals surface area contributed by atoms with Crippen LogP contribution in [-0.4, -0.2) is 35.7 Å². The summed E-state index contributed by atoms with van der Waals surface area (Å²) < 4.78 is 0. The van der Waals surface area contributed by atoms with Crippen molar-refractivity contribution in [1.29, 1.82) is 0 Å². The van der Waals surface area contributed by atoms with Gasteiger partial charge in [0.1, 0.15) is 0 Å². The van der Waals surface area contributed by atoms with Crippen molar-refractivity contribution in [3.05, 3.63) is 11.6 Å². The Morgan fingerprint density at radius 1 is 1.64 bits per heavy atom. The quantitative estimate of drug-likeness (QED) is 0.682. The van der Waals surface area contributed by atoms with Crippen LogP contribution in [0.4, 0.5) is 0 Å². The Bertz CT molecular complexity index is 138. The van der Waals surface area contributed by atoms with E-state index in [1.54, 1.807) is 0 Å². The molecule has 0 radical (unpaired) electrons. The largest absolute Gasteiger partial charge is 0.392 e. The molecule has 1 N–H and O–H groups in total. The molecule has 0 bridgehead atoms. The topological polar surface area (TPSA) is 23.5 Å². The monoisotopic (exact) mass is 175 g/mol. The van der Waals surface area contributed by atoms with Gasteiger partial charge in [-0.1, -0.05) is 17.7 Å². The number of likely N-dealkylation sites (tertiary alicyclic amines) is 1. The summed E-state index contributed by atoms with van der Waals surface area (Å²) in [6.45, 7) is 2.74. The molecule has 64 valence electrons. The highest BCUT2D eigenvalue weighted by Gasteiger charge is 2.15. The van der Waals surface area contributed by atoms with Gasteiger partial charge >= 0.3 is 0 Å². The van der Waals surface area contributed by atoms with E-state index >= 15 is 0 Å². The fraction of sp³-hybridized carbons (Fsp3) is 0.750. The Labute approximate surface area is 72.5 Å². The SMILES string of the molecule is O[C@H]1CCCN(C/C=C/Cl)C1. The molecule has 1 saturated heterocycles. The van der Waals surface area contributed by atoms with Crippen molar-refractivity contribution in [2.24, 2.45) is 0 Å². The van der Waals surface area contributed by atoms with Crippen molar-refractivity contribution in [3.8, 4) is 0 Å². The average molecular weight is 176 g/mol. The third kappa shape index (κ3) is 3.23. The van der Waals surface area contributed by atoms with Gasteiger partial charge in [0, 0.05) is 18.6 Å². The highest BCUT2D eigenvalue weighted by atomic mass is 35.5. The highest BCUT2D eigenvalue weighted by Crippen LogP contribution is 2.08. The zero-order chi connectivity index (χ0) is 8.10. The van der Waals surface area contributed by atoms with Crippen LogP contribution in [-0.2, 0) is 0 Å². The molecule has 1 heterocycles. The molecule has 1 rings (SSSR count). The zero-order valence-electron chi connectivity index (χ0n) is 6.54. The zero-order valence-corrected chi connectivity index (χ0v) is 7.30. The number of nitrogens with zero attached hydrogens (tertiary/aromatic N) is 1. The summed E-state index contributed by atoms with van der Waals surface area (Å²) in [4.78, 5) is 2.20. The van der Waals surface area contributed by atoms with Gasteiger partial charge < -0.3 is 5.11 Å². The van der Waals surface area contributed by atoms with Crippen LogP contribution in [0, 0.1) is 0 Å². The Morgan fingerprint density at radius 3 is 3.09 bits per heavy atom. The van der Waals surface area contributed by atoms with Crippen LogP contribution in [0.1, 0.15) is 12.8 Å². The molecule has 1 fully saturated rings. The van der Waals surface area contributed by atoms with E-state index in [1.165, 1.54) is 5.54 Å². The molecule has 1 aliphatic rings. The first kappa shape index (κ1) is 9.04. The van der Waals surface area contributed by atoms with Crippen LogP contribution in [0.15, 0.2) is 11.6 Å². The van der Waals surface area contributed by atoms with Crippen molar-refractivity contribution >= 4 is 11.6 Å². The second-order valence-corrected chi connectivity index (χ2v) is 3.17. The van der Waals surface area contributed by atoms with E-state index < -0.39 is 0 Å². The number of aliphatic hydroxyl groups excluding tert-OH is 1. The second-order valence-electron chi connectivity index (χ2n) is 2.92. The van der Waals surface area contributed by atoms with Crippen molar-refractivity contribution in [2.45, 2.75) is 18.9 Å². The van der Waals surface area contributed by atoms with Gasteiger partial charge in [-0.3, -0.25) is 4.90 Å². The van der Waals surface area contributed by atoms with Gasteiger partial charge in [0.05, 0.1) is 6.10 Å². The smallest absolute Gasteiger partial charge is 0.0667 e. The lowest BCUT2D eigenvalue weighted by molar-refractivity contribution is 0.0771. The molecule has 3 heteroatoms. The van der Waals surface area contributed by atoms with E-state index in [2.05, 4.69) is 4.90 Å². The van der Waals surface area contributed by atoms with Gasteiger partial charge in [-0.15, -0.1) is 0 Å². The molecule has 2 nitrogen and oxygen atoms in total. The van der Waals surface area contributed by atoms with Gasteiger partial charge in [0.15, 0.2) is 0 Å². The van der Waals surface area contributed by atoms with Crippen LogP contribution in [0.5, 0.6) is 0 Å². The van der Waals surface area contributed by atoms with Gasteiger partial charge in [0.2, 0.25) is 0 Å². The lowest BCUT2D eigenvalue weighted by Crippen LogP contribution is -2.38. The molecule has 0 aliphatic carbocycles. The van der Waals surface area contributed by atoms with Crippen LogP contribution in [0.25, 0.3) is 0 Å². The molecule has 0 spiro atoms. The van der Waals surface area contributed by atoms with Crippen LogP contribution in [0.2, 0.25) is 0 Å². The van der Waals surface area contributed by atoms with Gasteiger partial charge in [-0.25, -0.2) is 0 Å².